The van der Waals surface area contributed by atoms with Crippen LogP contribution in [0.25, 0.3) is 5.69 Å². The lowest BCUT2D eigenvalue weighted by atomic mass is 10.2. The summed E-state index contributed by atoms with van der Waals surface area (Å²) in [7, 11) is 3.97. The van der Waals surface area contributed by atoms with Crippen molar-refractivity contribution < 1.29 is 9.53 Å². The molecule has 0 saturated heterocycles. The third kappa shape index (κ3) is 5.46. The van der Waals surface area contributed by atoms with Gasteiger partial charge < -0.3 is 4.74 Å². The Balaban J connectivity index is 2.31. The Morgan fingerprint density at radius 1 is 1.27 bits per heavy atom. The van der Waals surface area contributed by atoms with Crippen LogP contribution in [0.3, 0.4) is 0 Å². The van der Waals surface area contributed by atoms with E-state index in [1.165, 1.54) is 11.8 Å². The molecule has 0 N–H and O–H groups in total. The lowest BCUT2D eigenvalue weighted by Crippen LogP contribution is -2.25. The van der Waals surface area contributed by atoms with Gasteiger partial charge in [-0.3, -0.25) is 14.3 Å². The Morgan fingerprint density at radius 3 is 2.42 bits per heavy atom. The van der Waals surface area contributed by atoms with Gasteiger partial charge in [-0.15, -0.1) is 10.2 Å². The number of aromatic nitrogens is 3. The average molecular weight is 397 g/mol. The number of nitrogens with zero attached hydrogens (tertiary/aromatic N) is 4. The van der Waals surface area contributed by atoms with Crippen LogP contribution in [0.5, 0.6) is 0 Å². The molecular formula is C18H25ClN4O2S. The molecule has 0 bridgehead atoms. The van der Waals surface area contributed by atoms with Crippen molar-refractivity contribution in [2.24, 2.45) is 0 Å². The first-order chi connectivity index (χ1) is 12.1. The predicted octanol–water partition coefficient (Wildman–Crippen LogP) is 3.98. The van der Waals surface area contributed by atoms with Crippen molar-refractivity contribution in [2.75, 3.05) is 19.8 Å². The quantitative estimate of drug-likeness (QED) is 0.543. The zero-order valence-corrected chi connectivity index (χ0v) is 17.6. The molecule has 0 aliphatic carbocycles. The van der Waals surface area contributed by atoms with E-state index in [0.29, 0.717) is 10.2 Å². The van der Waals surface area contributed by atoms with Crippen LogP contribution in [0.4, 0.5) is 0 Å². The van der Waals surface area contributed by atoms with Crippen molar-refractivity contribution in [1.82, 2.24) is 19.7 Å². The molecule has 0 fully saturated rings. The highest BCUT2D eigenvalue weighted by Gasteiger charge is 2.23. The molecule has 0 aliphatic heterocycles. The summed E-state index contributed by atoms with van der Waals surface area (Å²) in [5.74, 6) is 0.679. The molecule has 0 amide bonds. The number of hydrogen-bond acceptors (Lipinski definition) is 6. The first-order valence-corrected chi connectivity index (χ1v) is 9.67. The highest BCUT2D eigenvalue weighted by atomic mass is 35.5. The Bertz CT molecular complexity index is 754. The first kappa shape index (κ1) is 20.7. The lowest BCUT2D eigenvalue weighted by molar-refractivity contribution is -0.151. The van der Waals surface area contributed by atoms with Crippen molar-refractivity contribution in [3.8, 4) is 5.69 Å². The Kier molecular flexibility index (Phi) is 6.71. The summed E-state index contributed by atoms with van der Waals surface area (Å²) in [5, 5.41) is 9.95. The van der Waals surface area contributed by atoms with E-state index in [4.69, 9.17) is 16.3 Å². The molecule has 2 aromatic rings. The largest absolute Gasteiger partial charge is 0.459 e. The molecule has 8 heteroatoms. The number of esters is 1. The van der Waals surface area contributed by atoms with Crippen molar-refractivity contribution in [3.63, 3.8) is 0 Å². The van der Waals surface area contributed by atoms with Gasteiger partial charge in [0.2, 0.25) is 0 Å². The monoisotopic (exact) mass is 396 g/mol. The molecule has 26 heavy (non-hydrogen) atoms. The van der Waals surface area contributed by atoms with E-state index >= 15 is 0 Å². The van der Waals surface area contributed by atoms with E-state index in [0.717, 1.165) is 11.5 Å². The minimum atomic E-state index is -0.508. The van der Waals surface area contributed by atoms with Crippen LogP contribution in [0.1, 0.15) is 39.6 Å². The van der Waals surface area contributed by atoms with Crippen LogP contribution in [-0.4, -0.2) is 51.1 Å². The van der Waals surface area contributed by atoms with Crippen LogP contribution in [0.15, 0.2) is 29.4 Å². The standard InChI is InChI=1S/C18H25ClN4O2S/c1-12(22(5)6)16-20-21-17(26-11-15(24)25-18(2,3)4)23(16)14-9-7-13(19)8-10-14/h7-10,12H,11H2,1-6H3/t12-/m0/s1. The van der Waals surface area contributed by atoms with Gasteiger partial charge in [-0.2, -0.15) is 0 Å². The second-order valence-electron chi connectivity index (χ2n) is 7.17. The highest BCUT2D eigenvalue weighted by molar-refractivity contribution is 7.99. The SMILES string of the molecule is C[C@@H](c1nnc(SCC(=O)OC(C)(C)C)n1-c1ccc(Cl)cc1)N(C)C. The molecule has 1 heterocycles. The number of thioether (sulfide) groups is 1. The highest BCUT2D eigenvalue weighted by Crippen LogP contribution is 2.27. The maximum Gasteiger partial charge on any atom is 0.316 e. The number of hydrogen-bond donors (Lipinski definition) is 0. The summed E-state index contributed by atoms with van der Waals surface area (Å²) < 4.78 is 7.32. The first-order valence-electron chi connectivity index (χ1n) is 8.31. The maximum atomic E-state index is 12.0. The van der Waals surface area contributed by atoms with Crippen molar-refractivity contribution in [3.05, 3.63) is 35.1 Å². The molecule has 6 nitrogen and oxygen atoms in total. The number of halogens is 1. The lowest BCUT2D eigenvalue weighted by Gasteiger charge is -2.21. The van der Waals surface area contributed by atoms with E-state index in [2.05, 4.69) is 22.0 Å². The summed E-state index contributed by atoms with van der Waals surface area (Å²) >= 11 is 7.32. The topological polar surface area (TPSA) is 60.2 Å². The second-order valence-corrected chi connectivity index (χ2v) is 8.55. The van der Waals surface area contributed by atoms with Crippen LogP contribution >= 0.6 is 23.4 Å². The summed E-state index contributed by atoms with van der Waals surface area (Å²) in [6.07, 6.45) is 0. The zero-order chi connectivity index (χ0) is 19.5. The molecule has 0 aliphatic rings. The molecule has 1 atom stereocenters. The molecule has 1 aromatic carbocycles. The van der Waals surface area contributed by atoms with Gasteiger partial charge in [0.05, 0.1) is 11.8 Å². The fourth-order valence-electron chi connectivity index (χ4n) is 2.20. The molecule has 0 spiro atoms. The van der Waals surface area contributed by atoms with Gasteiger partial charge in [0, 0.05) is 10.7 Å². The zero-order valence-electron chi connectivity index (χ0n) is 16.0. The van der Waals surface area contributed by atoms with Gasteiger partial charge in [0.15, 0.2) is 11.0 Å². The number of rotatable bonds is 6. The summed E-state index contributed by atoms with van der Waals surface area (Å²) in [6.45, 7) is 7.60. The van der Waals surface area contributed by atoms with E-state index in [-0.39, 0.29) is 17.8 Å². The van der Waals surface area contributed by atoms with Gasteiger partial charge in [-0.05, 0) is 66.1 Å². The van der Waals surface area contributed by atoms with Gasteiger partial charge in [0.25, 0.3) is 0 Å². The van der Waals surface area contributed by atoms with Gasteiger partial charge in [-0.1, -0.05) is 23.4 Å². The smallest absolute Gasteiger partial charge is 0.316 e. The van der Waals surface area contributed by atoms with Crippen LogP contribution in [-0.2, 0) is 9.53 Å². The Hall–Kier alpha value is -1.57. The molecule has 1 aromatic heterocycles. The molecule has 0 saturated carbocycles. The fraction of sp³-hybridized carbons (Fsp3) is 0.500. The second kappa shape index (κ2) is 8.41. The van der Waals surface area contributed by atoms with Crippen molar-refractivity contribution in [2.45, 2.75) is 44.5 Å². The van der Waals surface area contributed by atoms with E-state index in [1.807, 2.05) is 63.7 Å². The minimum Gasteiger partial charge on any atom is -0.459 e. The minimum absolute atomic E-state index is 0.0501. The van der Waals surface area contributed by atoms with Gasteiger partial charge >= 0.3 is 5.97 Å². The van der Waals surface area contributed by atoms with Gasteiger partial charge in [-0.25, -0.2) is 0 Å². The fourth-order valence-corrected chi connectivity index (χ4v) is 3.06. The maximum absolute atomic E-state index is 12.0. The van der Waals surface area contributed by atoms with Crippen molar-refractivity contribution >= 4 is 29.3 Å². The summed E-state index contributed by atoms with van der Waals surface area (Å²) in [5.41, 5.74) is 0.390. The molecule has 2 rings (SSSR count). The number of ether oxygens (including phenoxy) is 1. The molecule has 0 unspecified atom stereocenters. The summed E-state index contributed by atoms with van der Waals surface area (Å²) in [4.78, 5) is 14.1. The third-order valence-corrected chi connectivity index (χ3v) is 4.79. The molecular weight excluding hydrogens is 372 g/mol. The third-order valence-electron chi connectivity index (χ3n) is 3.63. The number of carbonyl (C=O) groups excluding carboxylic acids is 1. The average Bonchev–Trinajstić information content (AvgIpc) is 2.95. The van der Waals surface area contributed by atoms with Gasteiger partial charge in [0.1, 0.15) is 5.60 Å². The van der Waals surface area contributed by atoms with Crippen LogP contribution in [0.2, 0.25) is 5.02 Å². The number of benzene rings is 1. The summed E-state index contributed by atoms with van der Waals surface area (Å²) in [6, 6.07) is 7.52. The number of carbonyl (C=O) groups is 1. The van der Waals surface area contributed by atoms with E-state index in [9.17, 15) is 4.79 Å². The Labute approximate surface area is 163 Å². The van der Waals surface area contributed by atoms with Crippen LogP contribution < -0.4 is 0 Å². The van der Waals surface area contributed by atoms with Crippen molar-refractivity contribution in [1.29, 1.82) is 0 Å². The Morgan fingerprint density at radius 2 is 1.88 bits per heavy atom. The normalized spacial score (nSPS) is 13.1. The molecule has 142 valence electrons. The van der Waals surface area contributed by atoms with Crippen LogP contribution in [0, 0.1) is 0 Å². The predicted molar refractivity (Wildman–Crippen MR) is 105 cm³/mol. The van der Waals surface area contributed by atoms with E-state index in [1.54, 1.807) is 0 Å². The molecule has 0 radical (unpaired) electrons. The van der Waals surface area contributed by atoms with E-state index < -0.39 is 5.60 Å².